The van der Waals surface area contributed by atoms with Crippen LogP contribution in [0.3, 0.4) is 0 Å². The summed E-state index contributed by atoms with van der Waals surface area (Å²) < 4.78 is 5.71. The highest BCUT2D eigenvalue weighted by atomic mass is 35.5. The molecule has 1 fully saturated rings. The van der Waals surface area contributed by atoms with Crippen LogP contribution in [-0.2, 0) is 4.79 Å². The van der Waals surface area contributed by atoms with E-state index in [1.54, 1.807) is 30.3 Å². The second-order valence-electron chi connectivity index (χ2n) is 5.93. The molecule has 1 aromatic heterocycles. The van der Waals surface area contributed by atoms with Gasteiger partial charge in [-0.05, 0) is 37.1 Å². The Morgan fingerprint density at radius 2 is 2.00 bits per heavy atom. The minimum absolute atomic E-state index is 0.0185. The number of rotatable bonds is 4. The molecule has 0 aliphatic heterocycles. The van der Waals surface area contributed by atoms with Crippen molar-refractivity contribution in [2.75, 3.05) is 0 Å². The van der Waals surface area contributed by atoms with E-state index in [1.165, 1.54) is 6.08 Å². The number of amides is 1. The highest BCUT2D eigenvalue weighted by molar-refractivity contribution is 6.43. The van der Waals surface area contributed by atoms with E-state index in [1.807, 2.05) is 6.07 Å². The third kappa shape index (κ3) is 4.07. The van der Waals surface area contributed by atoms with E-state index in [2.05, 4.69) is 5.32 Å². The molecule has 0 bridgehead atoms. The first-order valence-electron chi connectivity index (χ1n) is 8.05. The number of carbonyl (C=O) groups excluding carboxylic acids is 1. The first-order valence-corrected chi connectivity index (χ1v) is 8.81. The molecule has 0 atom stereocenters. The monoisotopic (exact) mass is 374 g/mol. The second-order valence-corrected chi connectivity index (χ2v) is 6.71. The van der Waals surface area contributed by atoms with Crippen LogP contribution in [0.4, 0.5) is 0 Å². The molecule has 2 aromatic rings. The molecule has 3 rings (SSSR count). The summed E-state index contributed by atoms with van der Waals surface area (Å²) in [6.07, 6.45) is 5.58. The van der Waals surface area contributed by atoms with Gasteiger partial charge >= 0.3 is 0 Å². The lowest BCUT2D eigenvalue weighted by atomic mass is 10.2. The van der Waals surface area contributed by atoms with E-state index in [9.17, 15) is 10.1 Å². The zero-order valence-corrected chi connectivity index (χ0v) is 14.9. The highest BCUT2D eigenvalue weighted by Crippen LogP contribution is 2.34. The zero-order valence-electron chi connectivity index (χ0n) is 13.4. The van der Waals surface area contributed by atoms with Crippen molar-refractivity contribution in [3.05, 3.63) is 51.7 Å². The summed E-state index contributed by atoms with van der Waals surface area (Å²) in [6.45, 7) is 0. The van der Waals surface area contributed by atoms with Gasteiger partial charge in [0.05, 0.1) is 10.0 Å². The Bertz CT molecular complexity index is 859. The maximum atomic E-state index is 12.2. The van der Waals surface area contributed by atoms with Gasteiger partial charge in [0.15, 0.2) is 0 Å². The van der Waals surface area contributed by atoms with Crippen molar-refractivity contribution in [3.63, 3.8) is 0 Å². The number of hydrogen-bond acceptors (Lipinski definition) is 3. The summed E-state index contributed by atoms with van der Waals surface area (Å²) in [4.78, 5) is 12.2. The van der Waals surface area contributed by atoms with Gasteiger partial charge in [-0.3, -0.25) is 4.79 Å². The molecule has 6 heteroatoms. The molecule has 128 valence electrons. The minimum atomic E-state index is -0.367. The maximum Gasteiger partial charge on any atom is 0.262 e. The van der Waals surface area contributed by atoms with E-state index in [0.29, 0.717) is 27.1 Å². The molecule has 25 heavy (non-hydrogen) atoms. The van der Waals surface area contributed by atoms with E-state index >= 15 is 0 Å². The quantitative estimate of drug-likeness (QED) is 0.589. The molecule has 0 unspecified atom stereocenters. The average Bonchev–Trinajstić information content (AvgIpc) is 3.27. The van der Waals surface area contributed by atoms with E-state index < -0.39 is 0 Å². The Morgan fingerprint density at radius 1 is 1.24 bits per heavy atom. The fourth-order valence-corrected chi connectivity index (χ4v) is 3.29. The lowest BCUT2D eigenvalue weighted by molar-refractivity contribution is -0.117. The van der Waals surface area contributed by atoms with Crippen LogP contribution < -0.4 is 5.32 Å². The van der Waals surface area contributed by atoms with E-state index in [0.717, 1.165) is 25.7 Å². The molecule has 4 nitrogen and oxygen atoms in total. The molecule has 1 saturated carbocycles. The van der Waals surface area contributed by atoms with Gasteiger partial charge in [-0.25, -0.2) is 0 Å². The molecule has 0 spiro atoms. The maximum absolute atomic E-state index is 12.2. The van der Waals surface area contributed by atoms with Crippen LogP contribution in [0, 0.1) is 11.3 Å². The standard InChI is InChI=1S/C19H16Cl2N2O2/c20-16-7-3-6-15(18(16)21)17-9-8-14(25-17)10-12(11-22)19(24)23-13-4-1-2-5-13/h3,6-10,13H,1-2,4-5H2,(H,23,24)/b12-10+. The molecule has 1 heterocycles. The second kappa shape index (κ2) is 7.77. The van der Waals surface area contributed by atoms with Gasteiger partial charge in [-0.2, -0.15) is 5.26 Å². The molecular weight excluding hydrogens is 359 g/mol. The Balaban J connectivity index is 1.80. The highest BCUT2D eigenvalue weighted by Gasteiger charge is 2.19. The van der Waals surface area contributed by atoms with Gasteiger partial charge in [0, 0.05) is 17.7 Å². The van der Waals surface area contributed by atoms with Crippen LogP contribution >= 0.6 is 23.2 Å². The summed E-state index contributed by atoms with van der Waals surface area (Å²) in [5.41, 5.74) is 0.674. The van der Waals surface area contributed by atoms with E-state index in [4.69, 9.17) is 27.6 Å². The number of halogens is 2. The largest absolute Gasteiger partial charge is 0.457 e. The van der Waals surface area contributed by atoms with Crippen molar-refractivity contribution >= 4 is 35.2 Å². The summed E-state index contributed by atoms with van der Waals surface area (Å²) in [5, 5.41) is 13.0. The van der Waals surface area contributed by atoms with Crippen LogP contribution in [0.15, 0.2) is 40.3 Å². The Morgan fingerprint density at radius 3 is 2.72 bits per heavy atom. The Kier molecular flexibility index (Phi) is 5.47. The first kappa shape index (κ1) is 17.6. The van der Waals surface area contributed by atoms with Crippen LogP contribution in [0.2, 0.25) is 10.0 Å². The zero-order chi connectivity index (χ0) is 17.8. The van der Waals surface area contributed by atoms with E-state index in [-0.39, 0.29) is 17.5 Å². The van der Waals surface area contributed by atoms with Crippen molar-refractivity contribution in [2.45, 2.75) is 31.7 Å². The van der Waals surface area contributed by atoms with Crippen molar-refractivity contribution in [1.82, 2.24) is 5.32 Å². The predicted octanol–water partition coefficient (Wildman–Crippen LogP) is 5.22. The number of furan rings is 1. The molecular formula is C19H16Cl2N2O2. The van der Waals surface area contributed by atoms with Crippen molar-refractivity contribution in [3.8, 4) is 17.4 Å². The van der Waals surface area contributed by atoms with Crippen LogP contribution in [0.5, 0.6) is 0 Å². The lowest BCUT2D eigenvalue weighted by Crippen LogP contribution is -2.33. The summed E-state index contributed by atoms with van der Waals surface area (Å²) >= 11 is 12.2. The molecule has 1 aliphatic carbocycles. The predicted molar refractivity (Wildman–Crippen MR) is 98.2 cm³/mol. The Hall–Kier alpha value is -2.22. The first-order chi connectivity index (χ1) is 12.1. The van der Waals surface area contributed by atoms with Crippen molar-refractivity contribution in [2.24, 2.45) is 0 Å². The van der Waals surface area contributed by atoms with Gasteiger partial charge in [0.2, 0.25) is 0 Å². The number of nitriles is 1. The minimum Gasteiger partial charge on any atom is -0.457 e. The van der Waals surface area contributed by atoms with Gasteiger partial charge in [-0.15, -0.1) is 0 Å². The average molecular weight is 375 g/mol. The van der Waals surface area contributed by atoms with Gasteiger partial charge < -0.3 is 9.73 Å². The summed E-state index contributed by atoms with van der Waals surface area (Å²) in [7, 11) is 0. The molecule has 1 amide bonds. The molecule has 0 saturated heterocycles. The fourth-order valence-electron chi connectivity index (χ4n) is 2.89. The van der Waals surface area contributed by atoms with Crippen LogP contribution in [-0.4, -0.2) is 11.9 Å². The van der Waals surface area contributed by atoms with Crippen molar-refractivity contribution in [1.29, 1.82) is 5.26 Å². The fraction of sp³-hybridized carbons (Fsp3) is 0.263. The third-order valence-electron chi connectivity index (χ3n) is 4.19. The lowest BCUT2D eigenvalue weighted by Gasteiger charge is -2.10. The topological polar surface area (TPSA) is 66.0 Å². The number of nitrogens with zero attached hydrogens (tertiary/aromatic N) is 1. The smallest absolute Gasteiger partial charge is 0.262 e. The Labute approximate surface area is 156 Å². The number of carbonyl (C=O) groups is 1. The molecule has 0 radical (unpaired) electrons. The molecule has 1 N–H and O–H groups in total. The molecule has 1 aromatic carbocycles. The van der Waals surface area contributed by atoms with Gasteiger partial charge in [0.1, 0.15) is 23.2 Å². The molecule has 1 aliphatic rings. The SMILES string of the molecule is N#C/C(=C\c1ccc(-c2cccc(Cl)c2Cl)o1)C(=O)NC1CCCC1. The third-order valence-corrected chi connectivity index (χ3v) is 5.00. The van der Waals surface area contributed by atoms with Crippen molar-refractivity contribution < 1.29 is 9.21 Å². The normalized spacial score (nSPS) is 15.2. The summed E-state index contributed by atoms with van der Waals surface area (Å²) in [5.74, 6) is 0.560. The number of nitrogens with one attached hydrogen (secondary N) is 1. The summed E-state index contributed by atoms with van der Waals surface area (Å²) in [6, 6.07) is 10.8. The number of benzene rings is 1. The number of hydrogen-bond donors (Lipinski definition) is 1. The van der Waals surface area contributed by atoms with Gasteiger partial charge in [-0.1, -0.05) is 42.1 Å². The van der Waals surface area contributed by atoms with Crippen LogP contribution in [0.25, 0.3) is 17.4 Å². The van der Waals surface area contributed by atoms with Gasteiger partial charge in [0.25, 0.3) is 5.91 Å². The van der Waals surface area contributed by atoms with Crippen LogP contribution in [0.1, 0.15) is 31.4 Å².